The number of nitrogens with zero attached hydrogens (tertiary/aromatic N) is 3. The highest BCUT2D eigenvalue weighted by atomic mass is 32.2. The minimum absolute atomic E-state index is 0.113. The zero-order valence-electron chi connectivity index (χ0n) is 19.0. The normalized spacial score (nSPS) is 17.4. The van der Waals surface area contributed by atoms with Crippen LogP contribution in [-0.2, 0) is 10.3 Å². The quantitative estimate of drug-likeness (QED) is 0.526. The highest BCUT2D eigenvalue weighted by Gasteiger charge is 2.37. The minimum Gasteiger partial charge on any atom is -0.348 e. The number of hydrogen-bond donors (Lipinski definition) is 1. The molecule has 3 heterocycles. The first-order valence-corrected chi connectivity index (χ1v) is 12.5. The first kappa shape index (κ1) is 22.0. The van der Waals surface area contributed by atoms with Crippen LogP contribution >= 0.6 is 11.8 Å². The average Bonchev–Trinajstić information content (AvgIpc) is 3.40. The fraction of sp³-hybridized carbons (Fsp3) is 0.520. The predicted octanol–water partition coefficient (Wildman–Crippen LogP) is 5.54. The summed E-state index contributed by atoms with van der Waals surface area (Å²) >= 11 is 1.99. The molecule has 2 aromatic heterocycles. The summed E-state index contributed by atoms with van der Waals surface area (Å²) in [7, 11) is 0. The third-order valence-electron chi connectivity index (χ3n) is 6.47. The molecule has 0 spiro atoms. The number of para-hydroxylation sites is 2. The van der Waals surface area contributed by atoms with E-state index in [0.29, 0.717) is 6.42 Å². The summed E-state index contributed by atoms with van der Waals surface area (Å²) in [5.74, 6) is 3.50. The maximum Gasteiger partial charge on any atom is 0.222 e. The summed E-state index contributed by atoms with van der Waals surface area (Å²) in [6.07, 6.45) is 6.78. The second-order valence-electron chi connectivity index (χ2n) is 9.32. The van der Waals surface area contributed by atoms with Crippen LogP contribution in [0.5, 0.6) is 0 Å². The van der Waals surface area contributed by atoms with Gasteiger partial charge in [0.2, 0.25) is 5.91 Å². The van der Waals surface area contributed by atoms with Crippen molar-refractivity contribution in [1.29, 1.82) is 0 Å². The van der Waals surface area contributed by atoms with Crippen LogP contribution in [0.2, 0.25) is 0 Å². The van der Waals surface area contributed by atoms with Crippen LogP contribution in [0.3, 0.4) is 0 Å². The second kappa shape index (κ2) is 9.11. The van der Waals surface area contributed by atoms with Crippen molar-refractivity contribution in [3.05, 3.63) is 54.6 Å². The molecule has 1 N–H and O–H groups in total. The van der Waals surface area contributed by atoms with Crippen LogP contribution in [0.15, 0.2) is 48.8 Å². The number of aromatic nitrogens is 3. The summed E-state index contributed by atoms with van der Waals surface area (Å²) < 4.78 is 4.54. The first-order chi connectivity index (χ1) is 14.9. The maximum absolute atomic E-state index is 13.4. The number of imidazole rings is 1. The van der Waals surface area contributed by atoms with E-state index in [4.69, 9.17) is 4.98 Å². The average molecular weight is 439 g/mol. The van der Waals surface area contributed by atoms with E-state index in [-0.39, 0.29) is 29.4 Å². The molecule has 4 rings (SSSR count). The van der Waals surface area contributed by atoms with E-state index in [0.717, 1.165) is 41.2 Å². The van der Waals surface area contributed by atoms with Crippen LogP contribution in [0.25, 0.3) is 11.0 Å². The van der Waals surface area contributed by atoms with Gasteiger partial charge < -0.3 is 14.5 Å². The number of benzene rings is 1. The Morgan fingerprint density at radius 3 is 2.42 bits per heavy atom. The van der Waals surface area contributed by atoms with Crippen LogP contribution in [-0.4, -0.2) is 31.5 Å². The van der Waals surface area contributed by atoms with Gasteiger partial charge >= 0.3 is 0 Å². The van der Waals surface area contributed by atoms with Gasteiger partial charge in [0.25, 0.3) is 0 Å². The van der Waals surface area contributed by atoms with E-state index in [1.165, 1.54) is 0 Å². The van der Waals surface area contributed by atoms with Crippen LogP contribution in [0.1, 0.15) is 64.9 Å². The van der Waals surface area contributed by atoms with Crippen LogP contribution in [0, 0.1) is 5.92 Å². The number of carbonyl (C=O) groups is 1. The van der Waals surface area contributed by atoms with Crippen molar-refractivity contribution in [3.63, 3.8) is 0 Å². The van der Waals surface area contributed by atoms with Crippen molar-refractivity contribution in [3.8, 4) is 0 Å². The van der Waals surface area contributed by atoms with Crippen molar-refractivity contribution < 1.29 is 4.79 Å². The van der Waals surface area contributed by atoms with Crippen molar-refractivity contribution in [2.24, 2.45) is 5.92 Å². The molecular weight excluding hydrogens is 404 g/mol. The number of thioether (sulfide) groups is 1. The van der Waals surface area contributed by atoms with Gasteiger partial charge in [-0.05, 0) is 68.4 Å². The molecule has 1 aliphatic heterocycles. The number of nitrogens with one attached hydrogen (secondary N) is 1. The Balaban J connectivity index is 1.63. The van der Waals surface area contributed by atoms with Crippen LogP contribution < -0.4 is 5.32 Å². The van der Waals surface area contributed by atoms with Gasteiger partial charge in [-0.25, -0.2) is 4.98 Å². The van der Waals surface area contributed by atoms with E-state index in [9.17, 15) is 4.79 Å². The number of hydrogen-bond acceptors (Lipinski definition) is 3. The summed E-state index contributed by atoms with van der Waals surface area (Å²) in [5, 5.41) is 3.38. The Morgan fingerprint density at radius 1 is 1.10 bits per heavy atom. The predicted molar refractivity (Wildman–Crippen MR) is 129 cm³/mol. The Bertz CT molecular complexity index is 1020. The highest BCUT2D eigenvalue weighted by Crippen LogP contribution is 2.37. The first-order valence-electron chi connectivity index (χ1n) is 11.4. The third kappa shape index (κ3) is 4.40. The van der Waals surface area contributed by atoms with E-state index in [1.54, 1.807) is 0 Å². The molecule has 5 nitrogen and oxygen atoms in total. The van der Waals surface area contributed by atoms with Gasteiger partial charge in [-0.2, -0.15) is 11.8 Å². The van der Waals surface area contributed by atoms with Crippen molar-refractivity contribution in [1.82, 2.24) is 19.4 Å². The molecular formula is C25H34N4OS. The highest BCUT2D eigenvalue weighted by molar-refractivity contribution is 7.99. The fourth-order valence-electron chi connectivity index (χ4n) is 4.81. The smallest absolute Gasteiger partial charge is 0.222 e. The lowest BCUT2D eigenvalue weighted by atomic mass is 9.87. The van der Waals surface area contributed by atoms with Crippen molar-refractivity contribution >= 4 is 28.7 Å². The Hall–Kier alpha value is -2.21. The maximum atomic E-state index is 13.4. The lowest BCUT2D eigenvalue weighted by Crippen LogP contribution is -2.43. The topological polar surface area (TPSA) is 51.9 Å². The molecule has 0 aliphatic carbocycles. The van der Waals surface area contributed by atoms with Gasteiger partial charge in [0.05, 0.1) is 29.0 Å². The molecule has 1 aliphatic rings. The van der Waals surface area contributed by atoms with E-state index in [1.807, 2.05) is 17.8 Å². The zero-order valence-corrected chi connectivity index (χ0v) is 19.9. The van der Waals surface area contributed by atoms with Crippen molar-refractivity contribution in [2.75, 3.05) is 11.5 Å². The summed E-state index contributed by atoms with van der Waals surface area (Å²) in [6, 6.07) is 12.5. The summed E-state index contributed by atoms with van der Waals surface area (Å²) in [5.41, 5.74) is 1.98. The van der Waals surface area contributed by atoms with Crippen LogP contribution in [0.4, 0.5) is 0 Å². The van der Waals surface area contributed by atoms with Gasteiger partial charge in [0.1, 0.15) is 5.82 Å². The molecule has 1 saturated heterocycles. The van der Waals surface area contributed by atoms with Gasteiger partial charge in [-0.15, -0.1) is 0 Å². The molecule has 0 saturated carbocycles. The Labute approximate surface area is 189 Å². The fourth-order valence-corrected chi connectivity index (χ4v) is 6.06. The lowest BCUT2D eigenvalue weighted by Gasteiger charge is -2.39. The number of fused-ring (bicyclic) bond motifs is 1. The zero-order chi connectivity index (χ0) is 22.0. The second-order valence-corrected chi connectivity index (χ2v) is 10.5. The summed E-state index contributed by atoms with van der Waals surface area (Å²) in [4.78, 5) is 18.4. The van der Waals surface area contributed by atoms with Crippen molar-refractivity contribution in [2.45, 2.75) is 64.6 Å². The molecule has 0 unspecified atom stereocenters. The molecule has 31 heavy (non-hydrogen) atoms. The molecule has 0 radical (unpaired) electrons. The van der Waals surface area contributed by atoms with Gasteiger partial charge in [-0.1, -0.05) is 26.0 Å². The molecule has 1 atom stereocenters. The summed E-state index contributed by atoms with van der Waals surface area (Å²) in [6.45, 7) is 8.68. The van der Waals surface area contributed by atoms with E-state index >= 15 is 0 Å². The number of carbonyl (C=O) groups excluding carboxylic acids is 1. The lowest BCUT2D eigenvalue weighted by molar-refractivity contribution is -0.124. The third-order valence-corrected chi connectivity index (χ3v) is 7.45. The molecule has 3 aromatic rings. The molecule has 166 valence electrons. The minimum atomic E-state index is -0.126. The Kier molecular flexibility index (Phi) is 6.47. The molecule has 1 amide bonds. The molecule has 1 aromatic carbocycles. The SMILES string of the molecule is CC(C)[C@H](NC(=O)CC1(n2cccc2)CCSCC1)c1nc2ccccc2n1C(C)C. The standard InChI is InChI=1S/C25H34N4OS/c1-18(2)23(24-26-20-9-5-6-10-21(20)29(24)19(3)4)27-22(30)17-25(11-15-31-16-12-25)28-13-7-8-14-28/h5-10,13-14,18-19,23H,11-12,15-17H2,1-4H3,(H,27,30)/t23-/m0/s1. The number of rotatable bonds is 7. The van der Waals surface area contributed by atoms with E-state index < -0.39 is 0 Å². The number of amides is 1. The molecule has 1 fully saturated rings. The molecule has 0 bridgehead atoms. The largest absolute Gasteiger partial charge is 0.348 e. The van der Waals surface area contributed by atoms with Gasteiger partial charge in [-0.3, -0.25) is 4.79 Å². The Morgan fingerprint density at radius 2 is 1.77 bits per heavy atom. The van der Waals surface area contributed by atoms with Gasteiger partial charge in [0, 0.05) is 18.4 Å². The van der Waals surface area contributed by atoms with E-state index in [2.05, 4.69) is 84.9 Å². The monoisotopic (exact) mass is 438 g/mol. The molecule has 6 heteroatoms. The van der Waals surface area contributed by atoms with Gasteiger partial charge in [0.15, 0.2) is 0 Å².